The fraction of sp³-hybridized carbons (Fsp3) is 0.500. The third kappa shape index (κ3) is 5.99. The van der Waals surface area contributed by atoms with Crippen molar-refractivity contribution in [2.75, 3.05) is 33.4 Å². The minimum atomic E-state index is -3.43. The number of carbonyl (C=O) groups excluding carboxylic acids is 1. The van der Waals surface area contributed by atoms with Gasteiger partial charge in [0.15, 0.2) is 11.5 Å². The van der Waals surface area contributed by atoms with E-state index in [2.05, 4.69) is 5.32 Å². The number of ether oxygens (including phenoxy) is 2. The third-order valence-electron chi connectivity index (χ3n) is 5.38. The van der Waals surface area contributed by atoms with E-state index < -0.39 is 10.0 Å². The first-order valence-electron chi connectivity index (χ1n) is 10.6. The first-order valence-corrected chi connectivity index (χ1v) is 12.9. The van der Waals surface area contributed by atoms with Crippen LogP contribution < -0.4 is 14.8 Å². The van der Waals surface area contributed by atoms with E-state index in [9.17, 15) is 13.2 Å². The molecule has 0 bridgehead atoms. The highest BCUT2D eigenvalue weighted by Gasteiger charge is 2.32. The number of carbonyl (C=O) groups is 1. The van der Waals surface area contributed by atoms with E-state index in [4.69, 9.17) is 9.47 Å². The van der Waals surface area contributed by atoms with Gasteiger partial charge in [0.05, 0.1) is 13.7 Å². The summed E-state index contributed by atoms with van der Waals surface area (Å²) in [5.74, 6) is 1.32. The second-order valence-electron chi connectivity index (χ2n) is 7.42. The summed E-state index contributed by atoms with van der Waals surface area (Å²) >= 11 is 1.22. The Morgan fingerprint density at radius 2 is 2.00 bits per heavy atom. The summed E-state index contributed by atoms with van der Waals surface area (Å²) in [6.07, 6.45) is 2.73. The molecule has 1 aliphatic heterocycles. The lowest BCUT2D eigenvalue weighted by Crippen LogP contribution is -2.43. The normalized spacial score (nSPS) is 15.5. The second kappa shape index (κ2) is 11.0. The average molecular weight is 467 g/mol. The van der Waals surface area contributed by atoms with Crippen LogP contribution in [0.25, 0.3) is 0 Å². The molecule has 0 radical (unpaired) electrons. The van der Waals surface area contributed by atoms with Crippen molar-refractivity contribution < 1.29 is 22.7 Å². The highest BCUT2D eigenvalue weighted by Crippen LogP contribution is 2.29. The van der Waals surface area contributed by atoms with Crippen LogP contribution in [0.3, 0.4) is 0 Å². The first-order chi connectivity index (χ1) is 15.0. The van der Waals surface area contributed by atoms with Gasteiger partial charge < -0.3 is 14.8 Å². The molecule has 1 aromatic carbocycles. The zero-order valence-electron chi connectivity index (χ0n) is 18.0. The number of benzene rings is 1. The lowest BCUT2D eigenvalue weighted by Gasteiger charge is -2.30. The van der Waals surface area contributed by atoms with E-state index >= 15 is 0 Å². The third-order valence-corrected chi connectivity index (χ3v) is 8.65. The summed E-state index contributed by atoms with van der Waals surface area (Å²) in [5, 5.41) is 4.76. The maximum Gasteiger partial charge on any atom is 0.252 e. The Balaban J connectivity index is 1.41. The molecule has 7 nitrogen and oxygen atoms in total. The molecule has 170 valence electrons. The van der Waals surface area contributed by atoms with Gasteiger partial charge in [-0.15, -0.1) is 11.3 Å². The van der Waals surface area contributed by atoms with Crippen molar-refractivity contribution in [3.8, 4) is 11.5 Å². The Kier molecular flexibility index (Phi) is 8.34. The van der Waals surface area contributed by atoms with Crippen LogP contribution in [-0.4, -0.2) is 52.0 Å². The van der Waals surface area contributed by atoms with Crippen molar-refractivity contribution in [3.63, 3.8) is 0 Å². The van der Waals surface area contributed by atoms with Gasteiger partial charge in [0.2, 0.25) is 5.91 Å². The molecular formula is C22H30N2O5S2. The van der Waals surface area contributed by atoms with Crippen molar-refractivity contribution in [2.24, 2.45) is 5.92 Å². The van der Waals surface area contributed by atoms with Crippen LogP contribution in [0.15, 0.2) is 39.9 Å². The summed E-state index contributed by atoms with van der Waals surface area (Å²) in [5.41, 5.74) is 1.13. The van der Waals surface area contributed by atoms with E-state index in [1.165, 1.54) is 15.6 Å². The molecule has 31 heavy (non-hydrogen) atoms. The summed E-state index contributed by atoms with van der Waals surface area (Å²) in [6, 6.07) is 9.25. The number of nitrogens with zero attached hydrogens (tertiary/aromatic N) is 1. The number of hydrogen-bond donors (Lipinski definition) is 1. The lowest BCUT2D eigenvalue weighted by atomic mass is 9.97. The van der Waals surface area contributed by atoms with Gasteiger partial charge in [-0.05, 0) is 61.7 Å². The number of rotatable bonds is 10. The van der Waals surface area contributed by atoms with Crippen molar-refractivity contribution >= 4 is 27.3 Å². The summed E-state index contributed by atoms with van der Waals surface area (Å²) < 4.78 is 37.9. The molecule has 9 heteroatoms. The van der Waals surface area contributed by atoms with E-state index in [0.717, 1.165) is 24.2 Å². The van der Waals surface area contributed by atoms with Gasteiger partial charge in [0.1, 0.15) is 4.21 Å². The molecule has 2 aromatic rings. The fourth-order valence-corrected chi connectivity index (χ4v) is 6.30. The van der Waals surface area contributed by atoms with E-state index in [1.54, 1.807) is 24.6 Å². The molecule has 1 amide bonds. The molecular weight excluding hydrogens is 436 g/mol. The van der Waals surface area contributed by atoms with Gasteiger partial charge in [-0.3, -0.25) is 4.79 Å². The SMILES string of the molecule is CCOc1ccc(CCCNC(=O)C2CCN(S(=O)(=O)c3cccs3)CC2)cc1OC. The summed E-state index contributed by atoms with van der Waals surface area (Å²) in [7, 11) is -1.81. The van der Waals surface area contributed by atoms with Gasteiger partial charge in [-0.1, -0.05) is 12.1 Å². The van der Waals surface area contributed by atoms with Gasteiger partial charge in [-0.2, -0.15) is 4.31 Å². The van der Waals surface area contributed by atoms with E-state index in [0.29, 0.717) is 49.0 Å². The number of amides is 1. The van der Waals surface area contributed by atoms with Crippen molar-refractivity contribution in [1.29, 1.82) is 0 Å². The van der Waals surface area contributed by atoms with Gasteiger partial charge in [-0.25, -0.2) is 8.42 Å². The van der Waals surface area contributed by atoms with Gasteiger partial charge in [0.25, 0.3) is 10.0 Å². The number of sulfonamides is 1. The predicted octanol–water partition coefficient (Wildman–Crippen LogP) is 3.31. The number of methoxy groups -OCH3 is 1. The monoisotopic (exact) mass is 466 g/mol. The topological polar surface area (TPSA) is 84.9 Å². The average Bonchev–Trinajstić information content (AvgIpc) is 3.33. The number of thiophene rings is 1. The molecule has 0 saturated carbocycles. The number of piperidine rings is 1. The smallest absolute Gasteiger partial charge is 0.252 e. The molecule has 1 fully saturated rings. The maximum atomic E-state index is 12.6. The Labute approximate surface area is 188 Å². The minimum Gasteiger partial charge on any atom is -0.493 e. The zero-order valence-corrected chi connectivity index (χ0v) is 19.6. The molecule has 3 rings (SSSR count). The lowest BCUT2D eigenvalue weighted by molar-refractivity contribution is -0.126. The van der Waals surface area contributed by atoms with E-state index in [1.807, 2.05) is 25.1 Å². The van der Waals surface area contributed by atoms with Crippen LogP contribution in [0.4, 0.5) is 0 Å². The molecule has 1 saturated heterocycles. The standard InChI is InChI=1S/C22H30N2O5S2/c1-3-29-19-9-8-17(16-20(19)28-2)6-4-12-23-22(25)18-10-13-24(14-11-18)31(26,27)21-7-5-15-30-21/h5,7-9,15-16,18H,3-4,6,10-14H2,1-2H3,(H,23,25). The van der Waals surface area contributed by atoms with Crippen LogP contribution in [-0.2, 0) is 21.2 Å². The van der Waals surface area contributed by atoms with Crippen LogP contribution in [0.1, 0.15) is 31.7 Å². The molecule has 2 heterocycles. The summed E-state index contributed by atoms with van der Waals surface area (Å²) in [6.45, 7) is 3.86. The van der Waals surface area contributed by atoms with Crippen LogP contribution in [0, 0.1) is 5.92 Å². The molecule has 0 aliphatic carbocycles. The predicted molar refractivity (Wildman–Crippen MR) is 121 cm³/mol. The van der Waals surface area contributed by atoms with Gasteiger partial charge >= 0.3 is 0 Å². The fourth-order valence-electron chi connectivity index (χ4n) is 3.69. The Morgan fingerprint density at radius 1 is 1.23 bits per heavy atom. The van der Waals surface area contributed by atoms with Crippen molar-refractivity contribution in [3.05, 3.63) is 41.3 Å². The number of nitrogens with one attached hydrogen (secondary N) is 1. The molecule has 1 N–H and O–H groups in total. The Bertz CT molecular complexity index is 952. The van der Waals surface area contributed by atoms with Crippen LogP contribution in [0.2, 0.25) is 0 Å². The highest BCUT2D eigenvalue weighted by molar-refractivity contribution is 7.91. The number of hydrogen-bond acceptors (Lipinski definition) is 6. The van der Waals surface area contributed by atoms with Crippen molar-refractivity contribution in [2.45, 2.75) is 36.8 Å². The molecule has 1 aromatic heterocycles. The quantitative estimate of drug-likeness (QED) is 0.543. The number of aryl methyl sites for hydroxylation is 1. The second-order valence-corrected chi connectivity index (χ2v) is 10.5. The largest absolute Gasteiger partial charge is 0.493 e. The zero-order chi connectivity index (χ0) is 22.3. The van der Waals surface area contributed by atoms with E-state index in [-0.39, 0.29) is 11.8 Å². The Morgan fingerprint density at radius 3 is 2.65 bits per heavy atom. The molecule has 0 atom stereocenters. The minimum absolute atomic E-state index is 0.0115. The summed E-state index contributed by atoms with van der Waals surface area (Å²) in [4.78, 5) is 12.5. The van der Waals surface area contributed by atoms with Gasteiger partial charge in [0, 0.05) is 25.6 Å². The maximum absolute atomic E-state index is 12.6. The van der Waals surface area contributed by atoms with Crippen LogP contribution >= 0.6 is 11.3 Å². The van der Waals surface area contributed by atoms with Crippen molar-refractivity contribution in [1.82, 2.24) is 9.62 Å². The Hall–Kier alpha value is -2.10. The molecule has 1 aliphatic rings. The highest BCUT2D eigenvalue weighted by atomic mass is 32.2. The molecule has 0 unspecified atom stereocenters. The van der Waals surface area contributed by atoms with Crippen LogP contribution in [0.5, 0.6) is 11.5 Å². The first kappa shape index (κ1) is 23.6. The molecule has 0 spiro atoms.